The fourth-order valence-electron chi connectivity index (χ4n) is 2.52. The molecule has 0 atom stereocenters. The standard InChI is InChI=1S/C18H16N4O2/c1-12-17(15-6-3-13(9-19)4-7-15)18(23)22(21-12)16-8-5-14(10-20-16)11-24-2/h3-8,10,23H,11H2,1-2H3. The number of aryl methyl sites for hydroxylation is 1. The van der Waals surface area contributed by atoms with Crippen LogP contribution in [-0.4, -0.2) is 27.0 Å². The average Bonchev–Trinajstić information content (AvgIpc) is 2.90. The van der Waals surface area contributed by atoms with Crippen molar-refractivity contribution in [2.45, 2.75) is 13.5 Å². The van der Waals surface area contributed by atoms with Crippen LogP contribution in [0.3, 0.4) is 0 Å². The zero-order valence-corrected chi connectivity index (χ0v) is 13.4. The van der Waals surface area contributed by atoms with Crippen molar-refractivity contribution >= 4 is 0 Å². The highest BCUT2D eigenvalue weighted by molar-refractivity contribution is 5.72. The fourth-order valence-corrected chi connectivity index (χ4v) is 2.52. The Balaban J connectivity index is 2.01. The first-order valence-corrected chi connectivity index (χ1v) is 7.37. The molecule has 0 bridgehead atoms. The zero-order chi connectivity index (χ0) is 17.1. The van der Waals surface area contributed by atoms with Gasteiger partial charge in [0.15, 0.2) is 5.82 Å². The summed E-state index contributed by atoms with van der Waals surface area (Å²) in [5, 5.41) is 23.9. The van der Waals surface area contributed by atoms with Gasteiger partial charge in [-0.25, -0.2) is 4.98 Å². The molecule has 3 aromatic rings. The minimum absolute atomic E-state index is 0.0178. The molecule has 0 radical (unpaired) electrons. The number of benzene rings is 1. The van der Waals surface area contributed by atoms with Crippen molar-refractivity contribution in [3.05, 3.63) is 59.4 Å². The molecule has 0 saturated heterocycles. The number of methoxy groups -OCH3 is 1. The molecule has 2 aromatic heterocycles. The number of pyridine rings is 1. The largest absolute Gasteiger partial charge is 0.493 e. The van der Waals surface area contributed by atoms with Crippen LogP contribution in [0.5, 0.6) is 5.88 Å². The lowest BCUT2D eigenvalue weighted by Gasteiger charge is -2.05. The molecule has 1 N–H and O–H groups in total. The molecule has 0 aliphatic rings. The molecule has 120 valence electrons. The van der Waals surface area contributed by atoms with Gasteiger partial charge in [-0.05, 0) is 36.2 Å². The predicted molar refractivity (Wildman–Crippen MR) is 88.6 cm³/mol. The molecular weight excluding hydrogens is 304 g/mol. The third-order valence-corrected chi connectivity index (χ3v) is 3.68. The lowest BCUT2D eigenvalue weighted by molar-refractivity contribution is 0.184. The van der Waals surface area contributed by atoms with Gasteiger partial charge in [0.1, 0.15) is 0 Å². The minimum atomic E-state index is 0.0178. The summed E-state index contributed by atoms with van der Waals surface area (Å²) in [7, 11) is 1.63. The van der Waals surface area contributed by atoms with Gasteiger partial charge in [0.2, 0.25) is 5.88 Å². The summed E-state index contributed by atoms with van der Waals surface area (Å²) in [5.41, 5.74) is 3.61. The molecule has 6 heteroatoms. The summed E-state index contributed by atoms with van der Waals surface area (Å²) in [6.07, 6.45) is 1.69. The van der Waals surface area contributed by atoms with Gasteiger partial charge in [-0.1, -0.05) is 18.2 Å². The molecule has 6 nitrogen and oxygen atoms in total. The monoisotopic (exact) mass is 320 g/mol. The number of ether oxygens (including phenoxy) is 1. The number of aromatic nitrogens is 3. The molecular formula is C18H16N4O2. The van der Waals surface area contributed by atoms with E-state index < -0.39 is 0 Å². The van der Waals surface area contributed by atoms with Crippen LogP contribution in [0.1, 0.15) is 16.8 Å². The molecule has 0 amide bonds. The Bertz CT molecular complexity index is 891. The first kappa shape index (κ1) is 15.7. The summed E-state index contributed by atoms with van der Waals surface area (Å²) >= 11 is 0. The highest BCUT2D eigenvalue weighted by Gasteiger charge is 2.18. The average molecular weight is 320 g/mol. The normalized spacial score (nSPS) is 10.5. The molecule has 3 rings (SSSR count). The lowest BCUT2D eigenvalue weighted by atomic mass is 10.0. The smallest absolute Gasteiger partial charge is 0.223 e. The van der Waals surface area contributed by atoms with E-state index in [4.69, 9.17) is 10.00 Å². The summed E-state index contributed by atoms with van der Waals surface area (Å²) in [5.74, 6) is 0.541. The van der Waals surface area contributed by atoms with E-state index in [2.05, 4.69) is 16.2 Å². The Morgan fingerprint density at radius 1 is 1.21 bits per heavy atom. The first-order valence-electron chi connectivity index (χ1n) is 7.37. The van der Waals surface area contributed by atoms with Crippen LogP contribution in [0.15, 0.2) is 42.6 Å². The number of aromatic hydroxyl groups is 1. The maximum atomic E-state index is 10.6. The molecule has 2 heterocycles. The zero-order valence-electron chi connectivity index (χ0n) is 13.4. The van der Waals surface area contributed by atoms with Crippen molar-refractivity contribution in [2.75, 3.05) is 7.11 Å². The van der Waals surface area contributed by atoms with Crippen LogP contribution < -0.4 is 0 Å². The van der Waals surface area contributed by atoms with Gasteiger partial charge in [0.25, 0.3) is 0 Å². The third-order valence-electron chi connectivity index (χ3n) is 3.68. The van der Waals surface area contributed by atoms with Gasteiger partial charge in [-0.2, -0.15) is 15.0 Å². The van der Waals surface area contributed by atoms with E-state index >= 15 is 0 Å². The first-order chi connectivity index (χ1) is 11.6. The van der Waals surface area contributed by atoms with Crippen molar-refractivity contribution in [2.24, 2.45) is 0 Å². The second kappa shape index (κ2) is 6.52. The molecule has 24 heavy (non-hydrogen) atoms. The van der Waals surface area contributed by atoms with E-state index in [1.54, 1.807) is 43.6 Å². The summed E-state index contributed by atoms with van der Waals surface area (Å²) < 4.78 is 6.46. The SMILES string of the molecule is COCc1ccc(-n2nc(C)c(-c3ccc(C#N)cc3)c2O)nc1. The van der Waals surface area contributed by atoms with Gasteiger partial charge in [0, 0.05) is 13.3 Å². The molecule has 0 fully saturated rings. The van der Waals surface area contributed by atoms with Gasteiger partial charge < -0.3 is 9.84 Å². The minimum Gasteiger partial charge on any atom is -0.493 e. The van der Waals surface area contributed by atoms with Crippen LogP contribution in [0.25, 0.3) is 16.9 Å². The van der Waals surface area contributed by atoms with Crippen LogP contribution in [0, 0.1) is 18.3 Å². The van der Waals surface area contributed by atoms with Gasteiger partial charge >= 0.3 is 0 Å². The molecule has 0 aliphatic carbocycles. The molecule has 0 aliphatic heterocycles. The van der Waals surface area contributed by atoms with Crippen molar-refractivity contribution in [3.8, 4) is 28.9 Å². The van der Waals surface area contributed by atoms with Crippen molar-refractivity contribution < 1.29 is 9.84 Å². The Hall–Kier alpha value is -3.17. The van der Waals surface area contributed by atoms with Gasteiger partial charge in [-0.3, -0.25) is 0 Å². The topological polar surface area (TPSA) is 84.0 Å². The second-order valence-electron chi connectivity index (χ2n) is 5.34. The molecule has 0 saturated carbocycles. The maximum absolute atomic E-state index is 10.6. The second-order valence-corrected chi connectivity index (χ2v) is 5.34. The van der Waals surface area contributed by atoms with Gasteiger partial charge in [-0.15, -0.1) is 0 Å². The quantitative estimate of drug-likeness (QED) is 0.799. The molecule has 0 spiro atoms. The van der Waals surface area contributed by atoms with E-state index in [1.807, 2.05) is 13.0 Å². The number of nitriles is 1. The van der Waals surface area contributed by atoms with E-state index in [-0.39, 0.29) is 5.88 Å². The van der Waals surface area contributed by atoms with Crippen molar-refractivity contribution in [1.29, 1.82) is 5.26 Å². The molecule has 0 unspecified atom stereocenters. The van der Waals surface area contributed by atoms with Crippen LogP contribution in [-0.2, 0) is 11.3 Å². The highest BCUT2D eigenvalue weighted by Crippen LogP contribution is 2.33. The number of hydrogen-bond acceptors (Lipinski definition) is 5. The number of rotatable bonds is 4. The van der Waals surface area contributed by atoms with E-state index in [0.29, 0.717) is 29.2 Å². The molecule has 1 aromatic carbocycles. The Kier molecular flexibility index (Phi) is 4.27. The summed E-state index contributed by atoms with van der Waals surface area (Å²) in [6.45, 7) is 2.30. The summed E-state index contributed by atoms with van der Waals surface area (Å²) in [6, 6.07) is 12.7. The van der Waals surface area contributed by atoms with Crippen molar-refractivity contribution in [1.82, 2.24) is 14.8 Å². The number of hydrogen-bond donors (Lipinski definition) is 1. The van der Waals surface area contributed by atoms with Crippen LogP contribution in [0.4, 0.5) is 0 Å². The van der Waals surface area contributed by atoms with Gasteiger partial charge in [0.05, 0.1) is 29.5 Å². The Morgan fingerprint density at radius 3 is 2.54 bits per heavy atom. The van der Waals surface area contributed by atoms with E-state index in [1.165, 1.54) is 4.68 Å². The van der Waals surface area contributed by atoms with Crippen LogP contribution >= 0.6 is 0 Å². The van der Waals surface area contributed by atoms with Crippen molar-refractivity contribution in [3.63, 3.8) is 0 Å². The lowest BCUT2D eigenvalue weighted by Crippen LogP contribution is -2.00. The third kappa shape index (κ3) is 2.85. The fraction of sp³-hybridized carbons (Fsp3) is 0.167. The summed E-state index contributed by atoms with van der Waals surface area (Å²) in [4.78, 5) is 4.32. The van der Waals surface area contributed by atoms with E-state index in [9.17, 15) is 5.11 Å². The Labute approximate surface area is 139 Å². The van der Waals surface area contributed by atoms with Crippen LogP contribution in [0.2, 0.25) is 0 Å². The highest BCUT2D eigenvalue weighted by atomic mass is 16.5. The number of nitrogens with zero attached hydrogens (tertiary/aromatic N) is 4. The van der Waals surface area contributed by atoms with E-state index in [0.717, 1.165) is 11.1 Å². The predicted octanol–water partition coefficient (Wildman–Crippen LogP) is 2.97. The maximum Gasteiger partial charge on any atom is 0.223 e. The Morgan fingerprint density at radius 2 is 1.96 bits per heavy atom.